The maximum atomic E-state index is 4.98. The Morgan fingerprint density at radius 1 is 1.53 bits per heavy atom. The number of hydrogen-bond donors (Lipinski definition) is 1. The van der Waals surface area contributed by atoms with E-state index in [0.29, 0.717) is 0 Å². The number of rotatable bonds is 6. The van der Waals surface area contributed by atoms with Crippen LogP contribution in [0.2, 0.25) is 0 Å². The fourth-order valence-corrected chi connectivity index (χ4v) is 1.52. The number of aryl methyl sites for hydroxylation is 1. The average Bonchev–Trinajstić information content (AvgIpc) is 2.23. The van der Waals surface area contributed by atoms with Crippen LogP contribution in [0.1, 0.15) is 19.2 Å². The molecule has 0 atom stereocenters. The Hall–Kier alpha value is -0.680. The van der Waals surface area contributed by atoms with Gasteiger partial charge in [0, 0.05) is 32.9 Å². The van der Waals surface area contributed by atoms with Crippen LogP contribution in [0.5, 0.6) is 0 Å². The Kier molecular flexibility index (Phi) is 5.57. The summed E-state index contributed by atoms with van der Waals surface area (Å²) in [5.41, 5.74) is 0. The van der Waals surface area contributed by atoms with Gasteiger partial charge in [0.15, 0.2) is 0 Å². The monoisotopic (exact) mass is 273 g/mol. The van der Waals surface area contributed by atoms with Crippen LogP contribution in [0.4, 0.5) is 5.82 Å². The number of nitrogens with one attached hydrogen (secondary N) is 1. The summed E-state index contributed by atoms with van der Waals surface area (Å²) in [7, 11) is 1.70. The molecule has 0 saturated carbocycles. The summed E-state index contributed by atoms with van der Waals surface area (Å²) >= 11 is 3.40. The van der Waals surface area contributed by atoms with E-state index in [1.807, 2.05) is 6.92 Å². The molecule has 1 rings (SSSR count). The molecule has 0 fully saturated rings. The molecule has 1 N–H and O–H groups in total. The van der Waals surface area contributed by atoms with Gasteiger partial charge in [-0.25, -0.2) is 9.97 Å². The Morgan fingerprint density at radius 2 is 2.33 bits per heavy atom. The lowest BCUT2D eigenvalue weighted by Crippen LogP contribution is -2.05. The van der Waals surface area contributed by atoms with Crippen LogP contribution in [0.25, 0.3) is 0 Å². The van der Waals surface area contributed by atoms with E-state index < -0.39 is 0 Å². The van der Waals surface area contributed by atoms with E-state index in [0.717, 1.165) is 42.1 Å². The van der Waals surface area contributed by atoms with Crippen molar-refractivity contribution >= 4 is 21.7 Å². The van der Waals surface area contributed by atoms with Crippen LogP contribution in [0, 0.1) is 0 Å². The van der Waals surface area contributed by atoms with Gasteiger partial charge >= 0.3 is 0 Å². The lowest BCUT2D eigenvalue weighted by atomic mass is 10.3. The number of aromatic nitrogens is 2. The van der Waals surface area contributed by atoms with E-state index in [1.54, 1.807) is 13.3 Å². The Labute approximate surface area is 98.6 Å². The highest BCUT2D eigenvalue weighted by atomic mass is 79.9. The van der Waals surface area contributed by atoms with Crippen molar-refractivity contribution in [1.82, 2.24) is 9.97 Å². The van der Waals surface area contributed by atoms with Crippen LogP contribution in [-0.4, -0.2) is 30.2 Å². The second kappa shape index (κ2) is 6.74. The van der Waals surface area contributed by atoms with Crippen molar-refractivity contribution < 1.29 is 4.74 Å². The molecule has 0 radical (unpaired) electrons. The van der Waals surface area contributed by atoms with Gasteiger partial charge in [-0.05, 0) is 29.3 Å². The lowest BCUT2D eigenvalue weighted by molar-refractivity contribution is 0.194. The third-order valence-corrected chi connectivity index (χ3v) is 2.47. The summed E-state index contributed by atoms with van der Waals surface area (Å²) in [6, 6.07) is 0. The van der Waals surface area contributed by atoms with Gasteiger partial charge in [-0.15, -0.1) is 0 Å². The summed E-state index contributed by atoms with van der Waals surface area (Å²) in [6.07, 6.45) is 3.58. The minimum atomic E-state index is 0.746. The SMILES string of the molecule is CCNc1nc(CCCOC)ncc1Br. The maximum Gasteiger partial charge on any atom is 0.144 e. The molecule has 0 amide bonds. The van der Waals surface area contributed by atoms with E-state index in [9.17, 15) is 0 Å². The molecule has 0 unspecified atom stereocenters. The molecule has 1 aromatic heterocycles. The highest BCUT2D eigenvalue weighted by Gasteiger charge is 2.03. The van der Waals surface area contributed by atoms with E-state index in [4.69, 9.17) is 4.74 Å². The van der Waals surface area contributed by atoms with Crippen LogP contribution in [0.3, 0.4) is 0 Å². The number of ether oxygens (including phenoxy) is 1. The zero-order chi connectivity index (χ0) is 11.1. The summed E-state index contributed by atoms with van der Waals surface area (Å²) in [4.78, 5) is 8.65. The number of anilines is 1. The first kappa shape index (κ1) is 12.4. The average molecular weight is 274 g/mol. The fourth-order valence-electron chi connectivity index (χ4n) is 1.19. The lowest BCUT2D eigenvalue weighted by Gasteiger charge is -2.06. The van der Waals surface area contributed by atoms with E-state index in [2.05, 4.69) is 31.2 Å². The Morgan fingerprint density at radius 3 is 3.00 bits per heavy atom. The molecule has 0 bridgehead atoms. The van der Waals surface area contributed by atoms with Gasteiger partial charge in [0.2, 0.25) is 0 Å². The molecule has 1 aromatic rings. The molecular weight excluding hydrogens is 258 g/mol. The first-order valence-electron chi connectivity index (χ1n) is 5.02. The third kappa shape index (κ3) is 4.13. The number of methoxy groups -OCH3 is 1. The molecule has 0 aromatic carbocycles. The van der Waals surface area contributed by atoms with Crippen molar-refractivity contribution in [3.05, 3.63) is 16.5 Å². The first-order valence-corrected chi connectivity index (χ1v) is 5.81. The molecule has 0 aliphatic heterocycles. The van der Waals surface area contributed by atoms with Gasteiger partial charge in [-0.2, -0.15) is 0 Å². The first-order chi connectivity index (χ1) is 7.27. The third-order valence-electron chi connectivity index (χ3n) is 1.89. The van der Waals surface area contributed by atoms with Gasteiger partial charge in [-0.3, -0.25) is 0 Å². The van der Waals surface area contributed by atoms with Gasteiger partial charge in [-0.1, -0.05) is 0 Å². The van der Waals surface area contributed by atoms with Gasteiger partial charge in [0.25, 0.3) is 0 Å². The maximum absolute atomic E-state index is 4.98. The minimum absolute atomic E-state index is 0.746. The van der Waals surface area contributed by atoms with E-state index in [1.165, 1.54) is 0 Å². The Balaban J connectivity index is 2.61. The molecule has 84 valence electrons. The van der Waals surface area contributed by atoms with Crippen molar-refractivity contribution in [1.29, 1.82) is 0 Å². The quantitative estimate of drug-likeness (QED) is 0.808. The van der Waals surface area contributed by atoms with Crippen molar-refractivity contribution in [2.45, 2.75) is 19.8 Å². The number of nitrogens with zero attached hydrogens (tertiary/aromatic N) is 2. The second-order valence-corrected chi connectivity index (χ2v) is 3.96. The molecule has 1 heterocycles. The predicted molar refractivity (Wildman–Crippen MR) is 64.1 cm³/mol. The second-order valence-electron chi connectivity index (χ2n) is 3.11. The topological polar surface area (TPSA) is 47.0 Å². The summed E-state index contributed by atoms with van der Waals surface area (Å²) in [5, 5.41) is 3.18. The number of hydrogen-bond acceptors (Lipinski definition) is 4. The molecule has 5 heteroatoms. The van der Waals surface area contributed by atoms with Crippen molar-refractivity contribution in [2.75, 3.05) is 25.6 Å². The van der Waals surface area contributed by atoms with Gasteiger partial charge < -0.3 is 10.1 Å². The summed E-state index contributed by atoms with van der Waals surface area (Å²) < 4.78 is 5.89. The van der Waals surface area contributed by atoms with Crippen LogP contribution in [0.15, 0.2) is 10.7 Å². The smallest absolute Gasteiger partial charge is 0.144 e. The molecule has 0 saturated heterocycles. The zero-order valence-electron chi connectivity index (χ0n) is 9.09. The molecule has 4 nitrogen and oxygen atoms in total. The van der Waals surface area contributed by atoms with Crippen molar-refractivity contribution in [2.24, 2.45) is 0 Å². The van der Waals surface area contributed by atoms with Gasteiger partial charge in [0.05, 0.1) is 4.47 Å². The molecule has 0 spiro atoms. The fraction of sp³-hybridized carbons (Fsp3) is 0.600. The van der Waals surface area contributed by atoms with Gasteiger partial charge in [0.1, 0.15) is 11.6 Å². The normalized spacial score (nSPS) is 10.3. The van der Waals surface area contributed by atoms with Crippen molar-refractivity contribution in [3.8, 4) is 0 Å². The van der Waals surface area contributed by atoms with Crippen LogP contribution < -0.4 is 5.32 Å². The molecule has 0 aliphatic rings. The van der Waals surface area contributed by atoms with E-state index >= 15 is 0 Å². The van der Waals surface area contributed by atoms with E-state index in [-0.39, 0.29) is 0 Å². The zero-order valence-corrected chi connectivity index (χ0v) is 10.7. The largest absolute Gasteiger partial charge is 0.385 e. The highest BCUT2D eigenvalue weighted by molar-refractivity contribution is 9.10. The molecule has 15 heavy (non-hydrogen) atoms. The van der Waals surface area contributed by atoms with Crippen molar-refractivity contribution in [3.63, 3.8) is 0 Å². The molecular formula is C10H16BrN3O. The van der Waals surface area contributed by atoms with Crippen LogP contribution >= 0.6 is 15.9 Å². The summed E-state index contributed by atoms with van der Waals surface area (Å²) in [6.45, 7) is 3.64. The van der Waals surface area contributed by atoms with Crippen LogP contribution in [-0.2, 0) is 11.2 Å². The molecule has 0 aliphatic carbocycles. The standard InChI is InChI=1S/C10H16BrN3O/c1-3-12-10-8(11)7-13-9(14-10)5-4-6-15-2/h7H,3-6H2,1-2H3,(H,12,13,14). The predicted octanol–water partition coefficient (Wildman–Crippen LogP) is 2.25. The highest BCUT2D eigenvalue weighted by Crippen LogP contribution is 2.18. The summed E-state index contributed by atoms with van der Waals surface area (Å²) in [5.74, 6) is 1.71. The minimum Gasteiger partial charge on any atom is -0.385 e. The Bertz CT molecular complexity index is 307. The number of halogens is 1.